The van der Waals surface area contributed by atoms with Crippen molar-refractivity contribution in [1.82, 2.24) is 10.6 Å². The number of guanidine groups is 1. The Morgan fingerprint density at radius 2 is 2.00 bits per heavy atom. The zero-order chi connectivity index (χ0) is 14.0. The SMILES string of the molecule is CCCCCCNC(=NCC1(C)CCCO1)NCC.I. The Bertz CT molecular complexity index is 266. The standard InChI is InChI=1S/C15H31N3O.HI/c1-4-6-7-8-11-17-14(16-5-2)18-13-15(3)10-9-12-19-15;/h4-13H2,1-3H3,(H2,16,17,18);1H. The fourth-order valence-corrected chi connectivity index (χ4v) is 2.31. The van der Waals surface area contributed by atoms with Gasteiger partial charge in [-0.3, -0.25) is 4.99 Å². The van der Waals surface area contributed by atoms with Crippen LogP contribution in [0.4, 0.5) is 0 Å². The van der Waals surface area contributed by atoms with Crippen LogP contribution >= 0.6 is 24.0 Å². The summed E-state index contributed by atoms with van der Waals surface area (Å²) in [6, 6.07) is 0. The minimum Gasteiger partial charge on any atom is -0.373 e. The predicted octanol–water partition coefficient (Wildman–Crippen LogP) is 3.31. The molecular weight excluding hydrogens is 365 g/mol. The van der Waals surface area contributed by atoms with Crippen LogP contribution in [0, 0.1) is 0 Å². The van der Waals surface area contributed by atoms with Gasteiger partial charge in [0.25, 0.3) is 0 Å². The number of halogens is 1. The second-order valence-corrected chi connectivity index (χ2v) is 5.58. The number of ether oxygens (including phenoxy) is 1. The summed E-state index contributed by atoms with van der Waals surface area (Å²) in [7, 11) is 0. The summed E-state index contributed by atoms with van der Waals surface area (Å²) in [5, 5.41) is 6.70. The third-order valence-corrected chi connectivity index (χ3v) is 3.54. The molecule has 0 spiro atoms. The van der Waals surface area contributed by atoms with Crippen molar-refractivity contribution in [2.45, 2.75) is 64.9 Å². The summed E-state index contributed by atoms with van der Waals surface area (Å²) in [6.45, 7) is 10.0. The van der Waals surface area contributed by atoms with E-state index in [-0.39, 0.29) is 29.6 Å². The van der Waals surface area contributed by atoms with Crippen LogP contribution in [0.2, 0.25) is 0 Å². The van der Waals surface area contributed by atoms with Crippen LogP contribution < -0.4 is 10.6 Å². The maximum absolute atomic E-state index is 5.76. The first kappa shape index (κ1) is 20.0. The third kappa shape index (κ3) is 8.29. The summed E-state index contributed by atoms with van der Waals surface area (Å²) in [6.07, 6.45) is 7.39. The summed E-state index contributed by atoms with van der Waals surface area (Å²) in [4.78, 5) is 4.65. The smallest absolute Gasteiger partial charge is 0.191 e. The number of aliphatic imine (C=N–C) groups is 1. The van der Waals surface area contributed by atoms with E-state index in [1.165, 1.54) is 25.7 Å². The van der Waals surface area contributed by atoms with E-state index in [2.05, 4.69) is 36.4 Å². The van der Waals surface area contributed by atoms with E-state index < -0.39 is 0 Å². The Morgan fingerprint density at radius 1 is 1.20 bits per heavy atom. The van der Waals surface area contributed by atoms with Crippen molar-refractivity contribution in [3.63, 3.8) is 0 Å². The number of nitrogens with one attached hydrogen (secondary N) is 2. The topological polar surface area (TPSA) is 45.7 Å². The zero-order valence-corrected chi connectivity index (χ0v) is 15.7. The molecule has 0 radical (unpaired) electrons. The van der Waals surface area contributed by atoms with Crippen molar-refractivity contribution in [2.75, 3.05) is 26.2 Å². The molecule has 5 heteroatoms. The number of rotatable bonds is 8. The van der Waals surface area contributed by atoms with Crippen LogP contribution in [0.1, 0.15) is 59.3 Å². The van der Waals surface area contributed by atoms with E-state index in [0.29, 0.717) is 0 Å². The van der Waals surface area contributed by atoms with Crippen LogP contribution in [-0.4, -0.2) is 37.8 Å². The molecule has 1 aliphatic rings. The van der Waals surface area contributed by atoms with Crippen LogP contribution in [0.25, 0.3) is 0 Å². The first-order chi connectivity index (χ1) is 9.20. The molecule has 1 atom stereocenters. The van der Waals surface area contributed by atoms with Crippen molar-refractivity contribution < 1.29 is 4.74 Å². The lowest BCUT2D eigenvalue weighted by Gasteiger charge is -2.21. The number of hydrogen-bond donors (Lipinski definition) is 2. The molecule has 1 heterocycles. The summed E-state index contributed by atoms with van der Waals surface area (Å²) >= 11 is 0. The molecule has 0 aromatic carbocycles. The zero-order valence-electron chi connectivity index (χ0n) is 13.3. The molecular formula is C15H32IN3O. The van der Waals surface area contributed by atoms with Gasteiger partial charge in [0.15, 0.2) is 5.96 Å². The molecule has 120 valence electrons. The number of nitrogens with zero attached hydrogens (tertiary/aromatic N) is 1. The lowest BCUT2D eigenvalue weighted by atomic mass is 10.0. The quantitative estimate of drug-likeness (QED) is 0.286. The Hall–Kier alpha value is -0.0400. The van der Waals surface area contributed by atoms with Crippen molar-refractivity contribution in [1.29, 1.82) is 0 Å². The maximum atomic E-state index is 5.76. The molecule has 20 heavy (non-hydrogen) atoms. The summed E-state index contributed by atoms with van der Waals surface area (Å²) in [5.74, 6) is 0.927. The highest BCUT2D eigenvalue weighted by molar-refractivity contribution is 14.0. The molecule has 1 saturated heterocycles. The lowest BCUT2D eigenvalue weighted by molar-refractivity contribution is 0.0283. The fourth-order valence-electron chi connectivity index (χ4n) is 2.31. The van der Waals surface area contributed by atoms with Crippen LogP contribution in [0.15, 0.2) is 4.99 Å². The highest BCUT2D eigenvalue weighted by atomic mass is 127. The molecule has 0 saturated carbocycles. The molecule has 0 aromatic rings. The second kappa shape index (κ2) is 11.6. The molecule has 1 fully saturated rings. The van der Waals surface area contributed by atoms with Gasteiger partial charge in [0.05, 0.1) is 12.1 Å². The predicted molar refractivity (Wildman–Crippen MR) is 97.1 cm³/mol. The molecule has 1 aliphatic heterocycles. The first-order valence-electron chi connectivity index (χ1n) is 7.86. The highest BCUT2D eigenvalue weighted by Gasteiger charge is 2.29. The summed E-state index contributed by atoms with van der Waals surface area (Å²) < 4.78 is 5.76. The van der Waals surface area contributed by atoms with E-state index in [9.17, 15) is 0 Å². The van der Waals surface area contributed by atoms with Gasteiger partial charge in [-0.15, -0.1) is 24.0 Å². The Labute approximate surface area is 141 Å². The summed E-state index contributed by atoms with van der Waals surface area (Å²) in [5.41, 5.74) is -0.0510. The highest BCUT2D eigenvalue weighted by Crippen LogP contribution is 2.24. The van der Waals surface area contributed by atoms with Crippen molar-refractivity contribution >= 4 is 29.9 Å². The van der Waals surface area contributed by atoms with E-state index in [4.69, 9.17) is 4.74 Å². The average molecular weight is 397 g/mol. The van der Waals surface area contributed by atoms with Crippen LogP contribution in [0.5, 0.6) is 0 Å². The van der Waals surface area contributed by atoms with E-state index in [1.807, 2.05) is 0 Å². The van der Waals surface area contributed by atoms with Gasteiger partial charge in [0, 0.05) is 19.7 Å². The Morgan fingerprint density at radius 3 is 2.60 bits per heavy atom. The van der Waals surface area contributed by atoms with Crippen LogP contribution in [0.3, 0.4) is 0 Å². The van der Waals surface area contributed by atoms with Gasteiger partial charge in [-0.1, -0.05) is 26.2 Å². The van der Waals surface area contributed by atoms with Gasteiger partial charge in [-0.05, 0) is 33.1 Å². The maximum Gasteiger partial charge on any atom is 0.191 e. The van der Waals surface area contributed by atoms with Gasteiger partial charge in [0.2, 0.25) is 0 Å². The minimum absolute atomic E-state index is 0. The lowest BCUT2D eigenvalue weighted by Crippen LogP contribution is -2.39. The molecule has 0 amide bonds. The molecule has 0 aromatic heterocycles. The fraction of sp³-hybridized carbons (Fsp3) is 0.933. The van der Waals surface area contributed by atoms with E-state index in [0.717, 1.165) is 45.0 Å². The van der Waals surface area contributed by atoms with Gasteiger partial charge in [0.1, 0.15) is 0 Å². The molecule has 0 bridgehead atoms. The Balaban J connectivity index is 0.00000361. The number of unbranched alkanes of at least 4 members (excludes halogenated alkanes) is 3. The van der Waals surface area contributed by atoms with Crippen molar-refractivity contribution in [2.24, 2.45) is 4.99 Å². The van der Waals surface area contributed by atoms with Crippen LogP contribution in [-0.2, 0) is 4.74 Å². The normalized spacial score (nSPS) is 22.4. The van der Waals surface area contributed by atoms with E-state index in [1.54, 1.807) is 0 Å². The molecule has 0 aliphatic carbocycles. The first-order valence-corrected chi connectivity index (χ1v) is 7.86. The van der Waals surface area contributed by atoms with Crippen molar-refractivity contribution in [3.05, 3.63) is 0 Å². The largest absolute Gasteiger partial charge is 0.373 e. The van der Waals surface area contributed by atoms with Gasteiger partial charge < -0.3 is 15.4 Å². The monoisotopic (exact) mass is 397 g/mol. The van der Waals surface area contributed by atoms with Gasteiger partial charge in [-0.25, -0.2) is 0 Å². The molecule has 1 unspecified atom stereocenters. The van der Waals surface area contributed by atoms with Gasteiger partial charge in [-0.2, -0.15) is 0 Å². The van der Waals surface area contributed by atoms with Gasteiger partial charge >= 0.3 is 0 Å². The van der Waals surface area contributed by atoms with Crippen molar-refractivity contribution in [3.8, 4) is 0 Å². The minimum atomic E-state index is -0.0510. The Kier molecular flexibility index (Phi) is 11.6. The molecule has 2 N–H and O–H groups in total. The third-order valence-electron chi connectivity index (χ3n) is 3.54. The molecule has 1 rings (SSSR count). The average Bonchev–Trinajstić information content (AvgIpc) is 2.83. The number of hydrogen-bond acceptors (Lipinski definition) is 2. The van der Waals surface area contributed by atoms with E-state index >= 15 is 0 Å². The second-order valence-electron chi connectivity index (χ2n) is 5.58. The molecule has 4 nitrogen and oxygen atoms in total.